The van der Waals surface area contributed by atoms with Gasteiger partial charge < -0.3 is 11.1 Å². The summed E-state index contributed by atoms with van der Waals surface area (Å²) in [7, 11) is 0. The van der Waals surface area contributed by atoms with Gasteiger partial charge in [-0.2, -0.15) is 0 Å². The van der Waals surface area contributed by atoms with Gasteiger partial charge in [0.2, 0.25) is 0 Å². The van der Waals surface area contributed by atoms with Crippen molar-refractivity contribution in [1.29, 1.82) is 0 Å². The van der Waals surface area contributed by atoms with E-state index in [4.69, 9.17) is 5.73 Å². The number of rotatable bonds is 3. The zero-order valence-electron chi connectivity index (χ0n) is 11.4. The number of nitrogens with one attached hydrogen (secondary N) is 1. The number of amides is 1. The molecule has 0 bridgehead atoms. The molecule has 0 saturated carbocycles. The van der Waals surface area contributed by atoms with Crippen LogP contribution in [0.2, 0.25) is 0 Å². The molecule has 3 N–H and O–H groups in total. The third-order valence-electron chi connectivity index (χ3n) is 2.80. The SMILES string of the molecule is NCC#Cc1cccc(CNC(=O)c2cccc(F)c2)c1. The van der Waals surface area contributed by atoms with Crippen LogP contribution >= 0.6 is 0 Å². The summed E-state index contributed by atoms with van der Waals surface area (Å²) >= 11 is 0. The molecule has 0 heterocycles. The van der Waals surface area contributed by atoms with Crippen LogP contribution in [0, 0.1) is 17.7 Å². The summed E-state index contributed by atoms with van der Waals surface area (Å²) in [5.41, 5.74) is 7.39. The topological polar surface area (TPSA) is 55.1 Å². The lowest BCUT2D eigenvalue weighted by Gasteiger charge is -2.06. The summed E-state index contributed by atoms with van der Waals surface area (Å²) in [6, 6.07) is 13.1. The molecule has 0 aromatic heterocycles. The summed E-state index contributed by atoms with van der Waals surface area (Å²) < 4.78 is 13.1. The third-order valence-corrected chi connectivity index (χ3v) is 2.80. The van der Waals surface area contributed by atoms with E-state index in [2.05, 4.69) is 17.2 Å². The molecule has 0 saturated heterocycles. The predicted octanol–water partition coefficient (Wildman–Crippen LogP) is 2.07. The van der Waals surface area contributed by atoms with E-state index >= 15 is 0 Å². The lowest BCUT2D eigenvalue weighted by molar-refractivity contribution is 0.0950. The second-order valence-corrected chi connectivity index (χ2v) is 4.40. The van der Waals surface area contributed by atoms with E-state index in [0.29, 0.717) is 18.7 Å². The fourth-order valence-electron chi connectivity index (χ4n) is 1.83. The lowest BCUT2D eigenvalue weighted by Crippen LogP contribution is -2.22. The molecule has 2 aromatic rings. The van der Waals surface area contributed by atoms with Gasteiger partial charge in [0.25, 0.3) is 5.91 Å². The first kappa shape index (κ1) is 14.8. The molecule has 0 aliphatic heterocycles. The monoisotopic (exact) mass is 282 g/mol. The Hall–Kier alpha value is -2.64. The van der Waals surface area contributed by atoms with Gasteiger partial charge in [0.1, 0.15) is 5.82 Å². The highest BCUT2D eigenvalue weighted by atomic mass is 19.1. The van der Waals surface area contributed by atoms with Crippen molar-refractivity contribution in [3.8, 4) is 11.8 Å². The van der Waals surface area contributed by atoms with E-state index in [0.717, 1.165) is 11.1 Å². The fraction of sp³-hybridized carbons (Fsp3) is 0.118. The van der Waals surface area contributed by atoms with Gasteiger partial charge >= 0.3 is 0 Å². The third kappa shape index (κ3) is 4.44. The number of hydrogen-bond donors (Lipinski definition) is 2. The van der Waals surface area contributed by atoms with E-state index in [1.165, 1.54) is 18.2 Å². The Morgan fingerprint density at radius 3 is 2.76 bits per heavy atom. The second-order valence-electron chi connectivity index (χ2n) is 4.40. The van der Waals surface area contributed by atoms with Crippen molar-refractivity contribution in [3.63, 3.8) is 0 Å². The maximum Gasteiger partial charge on any atom is 0.251 e. The Kier molecular flexibility index (Phi) is 5.08. The Bertz CT molecular complexity index is 701. The van der Waals surface area contributed by atoms with E-state index < -0.39 is 5.82 Å². The van der Waals surface area contributed by atoms with Crippen molar-refractivity contribution < 1.29 is 9.18 Å². The van der Waals surface area contributed by atoms with Crippen LogP contribution < -0.4 is 11.1 Å². The normalized spacial score (nSPS) is 9.62. The molecule has 0 unspecified atom stereocenters. The van der Waals surface area contributed by atoms with Gasteiger partial charge in [-0.3, -0.25) is 4.79 Å². The van der Waals surface area contributed by atoms with Gasteiger partial charge in [0.15, 0.2) is 0 Å². The van der Waals surface area contributed by atoms with Crippen molar-refractivity contribution in [3.05, 3.63) is 71.0 Å². The number of carbonyl (C=O) groups excluding carboxylic acids is 1. The quantitative estimate of drug-likeness (QED) is 0.847. The minimum Gasteiger partial charge on any atom is -0.348 e. The molecule has 0 atom stereocenters. The molecule has 3 nitrogen and oxygen atoms in total. The van der Waals surface area contributed by atoms with Crippen molar-refractivity contribution >= 4 is 5.91 Å². The zero-order valence-corrected chi connectivity index (χ0v) is 11.4. The first-order valence-corrected chi connectivity index (χ1v) is 6.50. The van der Waals surface area contributed by atoms with Gasteiger partial charge in [-0.15, -0.1) is 0 Å². The molecule has 106 valence electrons. The van der Waals surface area contributed by atoms with Gasteiger partial charge in [-0.1, -0.05) is 30.0 Å². The van der Waals surface area contributed by atoms with Crippen LogP contribution in [-0.2, 0) is 6.54 Å². The number of hydrogen-bond acceptors (Lipinski definition) is 2. The van der Waals surface area contributed by atoms with Gasteiger partial charge in [0.05, 0.1) is 6.54 Å². The minimum absolute atomic E-state index is 0.300. The van der Waals surface area contributed by atoms with E-state index in [-0.39, 0.29) is 5.91 Å². The van der Waals surface area contributed by atoms with Crippen molar-refractivity contribution in [2.75, 3.05) is 6.54 Å². The van der Waals surface area contributed by atoms with E-state index in [9.17, 15) is 9.18 Å². The maximum absolute atomic E-state index is 13.1. The number of carbonyl (C=O) groups is 1. The molecule has 0 aliphatic carbocycles. The van der Waals surface area contributed by atoms with Crippen LogP contribution in [0.5, 0.6) is 0 Å². The van der Waals surface area contributed by atoms with Crippen LogP contribution in [0.4, 0.5) is 4.39 Å². The van der Waals surface area contributed by atoms with Crippen LogP contribution in [0.15, 0.2) is 48.5 Å². The minimum atomic E-state index is -0.429. The molecule has 2 rings (SSSR count). The van der Waals surface area contributed by atoms with Crippen LogP contribution in [0.1, 0.15) is 21.5 Å². The molecule has 0 radical (unpaired) electrons. The van der Waals surface area contributed by atoms with E-state index in [1.54, 1.807) is 6.07 Å². The van der Waals surface area contributed by atoms with Crippen LogP contribution in [-0.4, -0.2) is 12.5 Å². The molecule has 4 heteroatoms. The number of halogens is 1. The smallest absolute Gasteiger partial charge is 0.251 e. The number of benzene rings is 2. The number of nitrogens with two attached hydrogens (primary N) is 1. The average Bonchev–Trinajstić information content (AvgIpc) is 2.51. The fourth-order valence-corrected chi connectivity index (χ4v) is 1.83. The molecule has 0 spiro atoms. The molecular formula is C17H15FN2O. The molecule has 21 heavy (non-hydrogen) atoms. The highest BCUT2D eigenvalue weighted by Crippen LogP contribution is 2.06. The van der Waals surface area contributed by atoms with Crippen molar-refractivity contribution in [1.82, 2.24) is 5.32 Å². The maximum atomic E-state index is 13.1. The van der Waals surface area contributed by atoms with Gasteiger partial charge in [0, 0.05) is 17.7 Å². The Morgan fingerprint density at radius 1 is 1.19 bits per heavy atom. The zero-order chi connectivity index (χ0) is 15.1. The first-order valence-electron chi connectivity index (χ1n) is 6.50. The predicted molar refractivity (Wildman–Crippen MR) is 79.9 cm³/mol. The van der Waals surface area contributed by atoms with Crippen molar-refractivity contribution in [2.24, 2.45) is 5.73 Å². The average molecular weight is 282 g/mol. The summed E-state index contributed by atoms with van der Waals surface area (Å²) in [5, 5.41) is 2.75. The van der Waals surface area contributed by atoms with Crippen LogP contribution in [0.3, 0.4) is 0 Å². The Labute approximate surface area is 123 Å². The van der Waals surface area contributed by atoms with Crippen molar-refractivity contribution in [2.45, 2.75) is 6.54 Å². The summed E-state index contributed by atoms with van der Waals surface area (Å²) in [6.07, 6.45) is 0. The standard InChI is InChI=1S/C17H15FN2O/c18-16-8-2-7-15(11-16)17(21)20-12-14-5-1-4-13(10-14)6-3-9-19/h1-2,4-5,7-8,10-11H,9,12,19H2,(H,20,21). The Morgan fingerprint density at radius 2 is 2.00 bits per heavy atom. The Balaban J connectivity index is 2.01. The molecule has 2 aromatic carbocycles. The van der Waals surface area contributed by atoms with Gasteiger partial charge in [-0.05, 0) is 35.9 Å². The molecule has 0 aliphatic rings. The lowest BCUT2D eigenvalue weighted by atomic mass is 10.1. The highest BCUT2D eigenvalue weighted by molar-refractivity contribution is 5.94. The summed E-state index contributed by atoms with van der Waals surface area (Å²) in [4.78, 5) is 11.9. The largest absolute Gasteiger partial charge is 0.348 e. The molecular weight excluding hydrogens is 267 g/mol. The molecule has 0 fully saturated rings. The van der Waals surface area contributed by atoms with Gasteiger partial charge in [-0.25, -0.2) is 4.39 Å². The highest BCUT2D eigenvalue weighted by Gasteiger charge is 2.06. The summed E-state index contributed by atoms with van der Waals surface area (Å²) in [6.45, 7) is 0.661. The second kappa shape index (κ2) is 7.22. The van der Waals surface area contributed by atoms with E-state index in [1.807, 2.05) is 24.3 Å². The molecule has 1 amide bonds. The first-order chi connectivity index (χ1) is 10.2. The van der Waals surface area contributed by atoms with Crippen LogP contribution in [0.25, 0.3) is 0 Å². The summed E-state index contributed by atoms with van der Waals surface area (Å²) in [5.74, 6) is 4.97.